The third kappa shape index (κ3) is 5.76. The number of alkyl halides is 3. The third-order valence-electron chi connectivity index (χ3n) is 5.67. The number of anilines is 1. The number of carbonyl (C=O) groups is 1. The van der Waals surface area contributed by atoms with Crippen molar-refractivity contribution in [2.75, 3.05) is 37.7 Å². The van der Waals surface area contributed by atoms with Gasteiger partial charge in [-0.1, -0.05) is 11.6 Å². The first-order chi connectivity index (χ1) is 16.2. The van der Waals surface area contributed by atoms with Crippen LogP contribution in [0.2, 0.25) is 5.02 Å². The van der Waals surface area contributed by atoms with Gasteiger partial charge in [-0.15, -0.1) is 0 Å². The molecule has 34 heavy (non-hydrogen) atoms. The molecule has 0 radical (unpaired) electrons. The first-order valence-electron chi connectivity index (χ1n) is 10.6. The van der Waals surface area contributed by atoms with E-state index in [0.717, 1.165) is 12.4 Å². The maximum Gasteiger partial charge on any atom is 0.419 e. The van der Waals surface area contributed by atoms with Crippen LogP contribution in [0.15, 0.2) is 23.4 Å². The minimum atomic E-state index is -4.48. The normalized spacial score (nSPS) is 21.1. The number of hydrogen-bond acceptors (Lipinski definition) is 8. The van der Waals surface area contributed by atoms with E-state index in [4.69, 9.17) is 21.1 Å². The van der Waals surface area contributed by atoms with Crippen molar-refractivity contribution >= 4 is 23.5 Å². The van der Waals surface area contributed by atoms with Gasteiger partial charge in [-0.2, -0.15) is 18.3 Å². The minimum absolute atomic E-state index is 0.0543. The molecular weight excluding hydrogens is 481 g/mol. The van der Waals surface area contributed by atoms with Crippen LogP contribution in [-0.2, 0) is 15.7 Å². The van der Waals surface area contributed by atoms with Crippen molar-refractivity contribution in [1.82, 2.24) is 25.1 Å². The van der Waals surface area contributed by atoms with Gasteiger partial charge in [0, 0.05) is 38.6 Å². The lowest BCUT2D eigenvalue weighted by atomic mass is 10.1. The summed E-state index contributed by atoms with van der Waals surface area (Å²) in [7, 11) is 0. The summed E-state index contributed by atoms with van der Waals surface area (Å²) in [5.41, 5.74) is -1.44. The molecule has 1 unspecified atom stereocenters. The molecule has 1 amide bonds. The van der Waals surface area contributed by atoms with E-state index in [2.05, 4.69) is 20.2 Å². The molecule has 4 heterocycles. The SMILES string of the molecule is O=C(C[C@@H]1CCC(COc2cn[nH]c(=O)c2Cl)O1)N1CCN(c2ncc(C(F)(F)F)cn2)CC1. The molecule has 2 aromatic heterocycles. The zero-order valence-electron chi connectivity index (χ0n) is 17.9. The Hall–Kier alpha value is -2.93. The van der Waals surface area contributed by atoms with E-state index in [1.54, 1.807) is 9.80 Å². The molecule has 184 valence electrons. The van der Waals surface area contributed by atoms with Crippen LogP contribution < -0.4 is 15.2 Å². The second-order valence-corrected chi connectivity index (χ2v) is 8.37. The Bertz CT molecular complexity index is 1060. The second kappa shape index (κ2) is 10.1. The molecule has 0 bridgehead atoms. The van der Waals surface area contributed by atoms with Crippen LogP contribution in [0.5, 0.6) is 5.75 Å². The van der Waals surface area contributed by atoms with Crippen LogP contribution in [0.3, 0.4) is 0 Å². The van der Waals surface area contributed by atoms with Crippen LogP contribution in [0, 0.1) is 0 Å². The van der Waals surface area contributed by atoms with E-state index in [1.807, 2.05) is 0 Å². The number of piperazine rings is 1. The number of nitrogens with zero attached hydrogens (tertiary/aromatic N) is 5. The maximum absolute atomic E-state index is 12.7. The first-order valence-corrected chi connectivity index (χ1v) is 11.0. The lowest BCUT2D eigenvalue weighted by Crippen LogP contribution is -2.49. The molecule has 10 nitrogen and oxygen atoms in total. The lowest BCUT2D eigenvalue weighted by molar-refractivity contribution is -0.138. The van der Waals surface area contributed by atoms with Crippen LogP contribution >= 0.6 is 11.6 Å². The fraction of sp³-hybridized carbons (Fsp3) is 0.550. The fourth-order valence-corrected chi connectivity index (χ4v) is 3.96. The molecule has 2 atom stereocenters. The summed E-state index contributed by atoms with van der Waals surface area (Å²) in [6.07, 6.45) is -0.509. The number of ether oxygens (including phenoxy) is 2. The third-order valence-corrected chi connectivity index (χ3v) is 6.02. The predicted molar refractivity (Wildman–Crippen MR) is 114 cm³/mol. The maximum atomic E-state index is 12.7. The Kier molecular flexibility index (Phi) is 7.22. The van der Waals surface area contributed by atoms with Gasteiger partial charge in [0.1, 0.15) is 6.61 Å². The van der Waals surface area contributed by atoms with Crippen molar-refractivity contribution in [3.63, 3.8) is 0 Å². The zero-order chi connectivity index (χ0) is 24.3. The summed E-state index contributed by atoms with van der Waals surface area (Å²) in [5.74, 6) is 0.322. The van der Waals surface area contributed by atoms with E-state index < -0.39 is 17.3 Å². The number of rotatable bonds is 6. The highest BCUT2D eigenvalue weighted by molar-refractivity contribution is 6.31. The average molecular weight is 503 g/mol. The van der Waals surface area contributed by atoms with E-state index >= 15 is 0 Å². The summed E-state index contributed by atoms with van der Waals surface area (Å²) in [4.78, 5) is 35.2. The van der Waals surface area contributed by atoms with Crippen molar-refractivity contribution in [3.05, 3.63) is 39.5 Å². The van der Waals surface area contributed by atoms with Crippen molar-refractivity contribution in [3.8, 4) is 5.75 Å². The van der Waals surface area contributed by atoms with Gasteiger partial charge in [0.05, 0.1) is 30.4 Å². The number of amides is 1. The van der Waals surface area contributed by atoms with Gasteiger partial charge in [-0.05, 0) is 12.8 Å². The molecule has 0 spiro atoms. The fourth-order valence-electron chi connectivity index (χ4n) is 3.81. The number of aromatic amines is 1. The highest BCUT2D eigenvalue weighted by atomic mass is 35.5. The highest BCUT2D eigenvalue weighted by Gasteiger charge is 2.33. The minimum Gasteiger partial charge on any atom is -0.487 e. The van der Waals surface area contributed by atoms with Crippen molar-refractivity contribution in [2.45, 2.75) is 37.6 Å². The molecule has 2 saturated heterocycles. The molecule has 0 aromatic carbocycles. The predicted octanol–water partition coefficient (Wildman–Crippen LogP) is 1.90. The number of aromatic nitrogens is 4. The van der Waals surface area contributed by atoms with Gasteiger partial charge in [0.2, 0.25) is 11.9 Å². The highest BCUT2D eigenvalue weighted by Crippen LogP contribution is 2.29. The molecule has 2 aliphatic heterocycles. The van der Waals surface area contributed by atoms with Gasteiger partial charge >= 0.3 is 6.18 Å². The molecule has 0 aliphatic carbocycles. The Morgan fingerprint density at radius 2 is 1.82 bits per heavy atom. The summed E-state index contributed by atoms with van der Waals surface area (Å²) in [6, 6.07) is 0. The van der Waals surface area contributed by atoms with Gasteiger partial charge in [-0.25, -0.2) is 15.1 Å². The van der Waals surface area contributed by atoms with E-state index in [0.29, 0.717) is 39.0 Å². The molecule has 0 saturated carbocycles. The van der Waals surface area contributed by atoms with Crippen molar-refractivity contribution < 1.29 is 27.4 Å². The Morgan fingerprint density at radius 3 is 2.50 bits per heavy atom. The standard InChI is InChI=1S/C20H22ClF3N6O4/c21-17-15(10-27-28-18(17)32)33-11-14-2-1-13(34-14)7-16(31)29-3-5-30(6-4-29)19-25-8-12(9-26-19)20(22,23)24/h8-10,13-14H,1-7,11H2,(H,28,32)/t13-,14?/m0/s1. The molecule has 2 aliphatic rings. The molecule has 14 heteroatoms. The summed E-state index contributed by atoms with van der Waals surface area (Å²) < 4.78 is 49.4. The van der Waals surface area contributed by atoms with Crippen LogP contribution in [0.1, 0.15) is 24.8 Å². The first kappa shape index (κ1) is 24.2. The summed E-state index contributed by atoms with van der Waals surface area (Å²) in [5, 5.41) is 5.76. The number of carbonyl (C=O) groups excluding carboxylic acids is 1. The number of halogens is 4. The molecule has 2 fully saturated rings. The van der Waals surface area contributed by atoms with E-state index in [9.17, 15) is 22.8 Å². The van der Waals surface area contributed by atoms with Gasteiger partial charge < -0.3 is 19.3 Å². The Labute approximate surface area is 197 Å². The summed E-state index contributed by atoms with van der Waals surface area (Å²) in [6.45, 7) is 1.85. The molecular formula is C20H22ClF3N6O4. The van der Waals surface area contributed by atoms with Gasteiger partial charge in [-0.3, -0.25) is 9.59 Å². The van der Waals surface area contributed by atoms with E-state index in [1.165, 1.54) is 6.20 Å². The molecule has 1 N–H and O–H groups in total. The van der Waals surface area contributed by atoms with Gasteiger partial charge in [0.15, 0.2) is 10.8 Å². The van der Waals surface area contributed by atoms with Crippen LogP contribution in [0.4, 0.5) is 19.1 Å². The quantitative estimate of drug-likeness (QED) is 0.637. The van der Waals surface area contributed by atoms with Crippen molar-refractivity contribution in [1.29, 1.82) is 0 Å². The average Bonchev–Trinajstić information content (AvgIpc) is 3.27. The lowest BCUT2D eigenvalue weighted by Gasteiger charge is -2.35. The number of H-pyrrole nitrogens is 1. The van der Waals surface area contributed by atoms with E-state index in [-0.39, 0.29) is 47.9 Å². The smallest absolute Gasteiger partial charge is 0.419 e. The number of hydrogen-bond donors (Lipinski definition) is 1. The molecule has 2 aromatic rings. The molecule has 4 rings (SSSR count). The van der Waals surface area contributed by atoms with Crippen molar-refractivity contribution in [2.24, 2.45) is 0 Å². The van der Waals surface area contributed by atoms with Gasteiger partial charge in [0.25, 0.3) is 5.56 Å². The zero-order valence-corrected chi connectivity index (χ0v) is 18.7. The second-order valence-electron chi connectivity index (χ2n) is 7.99. The Balaban J connectivity index is 1.21. The van der Waals surface area contributed by atoms with Crippen LogP contribution in [0.25, 0.3) is 0 Å². The summed E-state index contributed by atoms with van der Waals surface area (Å²) >= 11 is 5.88. The monoisotopic (exact) mass is 502 g/mol. The number of nitrogens with one attached hydrogen (secondary N) is 1. The Morgan fingerprint density at radius 1 is 1.15 bits per heavy atom. The topological polar surface area (TPSA) is 114 Å². The van der Waals surface area contributed by atoms with Crippen LogP contribution in [-0.4, -0.2) is 76.0 Å². The largest absolute Gasteiger partial charge is 0.487 e.